The van der Waals surface area contributed by atoms with Crippen LogP contribution in [0.25, 0.3) is 0 Å². The second-order valence-electron chi connectivity index (χ2n) is 4.79. The Morgan fingerprint density at radius 2 is 0.826 bits per heavy atom. The zero-order valence-electron chi connectivity index (χ0n) is 13.5. The van der Waals surface area contributed by atoms with E-state index in [9.17, 15) is 0 Å². The molecule has 0 fully saturated rings. The zero-order valence-corrected chi connectivity index (χ0v) is 19.7. The summed E-state index contributed by atoms with van der Waals surface area (Å²) in [6, 6.07) is 32.8. The van der Waals surface area contributed by atoms with Crippen LogP contribution in [0.1, 0.15) is 6.92 Å². The van der Waals surface area contributed by atoms with Crippen LogP contribution in [-0.4, -0.2) is 26.1 Å². The Morgan fingerprint density at radius 1 is 0.609 bits per heavy atom. The van der Waals surface area contributed by atoms with Gasteiger partial charge in [0.05, 0.1) is 0 Å². The molecule has 0 saturated carbocycles. The van der Waals surface area contributed by atoms with Crippen LogP contribution in [0.15, 0.2) is 91.0 Å². The van der Waals surface area contributed by atoms with Crippen molar-refractivity contribution in [2.75, 3.05) is 6.61 Å². The molecule has 3 aromatic rings. The molecule has 0 aliphatic rings. The van der Waals surface area contributed by atoms with E-state index in [4.69, 9.17) is 5.11 Å². The molecule has 0 saturated heterocycles. The van der Waals surface area contributed by atoms with Crippen LogP contribution in [0.3, 0.4) is 0 Å². The number of hydrogen-bond acceptors (Lipinski definition) is 1. The normalized spacial score (nSPS) is 9.52. The second kappa shape index (κ2) is 11.6. The van der Waals surface area contributed by atoms with Gasteiger partial charge in [0.1, 0.15) is 0 Å². The van der Waals surface area contributed by atoms with Gasteiger partial charge in [0.2, 0.25) is 0 Å². The number of aliphatic hydroxyl groups is 1. The maximum absolute atomic E-state index is 7.57. The summed E-state index contributed by atoms with van der Waals surface area (Å²) in [6.45, 7) is 1.93. The molecular formula is C20H21CdGeO. The minimum atomic E-state index is -1.63. The average molecular weight is 462 g/mol. The van der Waals surface area contributed by atoms with Gasteiger partial charge in [0.15, 0.2) is 0 Å². The van der Waals surface area contributed by atoms with Gasteiger partial charge < -0.3 is 5.11 Å². The van der Waals surface area contributed by atoms with E-state index in [0.29, 0.717) is 0 Å². The third kappa shape index (κ3) is 6.24. The molecule has 0 heterocycles. The van der Waals surface area contributed by atoms with Crippen LogP contribution >= 0.6 is 0 Å². The fourth-order valence-electron chi connectivity index (χ4n) is 2.31. The summed E-state index contributed by atoms with van der Waals surface area (Å²) in [5.74, 6) is 0. The molecule has 3 heteroatoms. The van der Waals surface area contributed by atoms with E-state index < -0.39 is 14.3 Å². The fourth-order valence-corrected chi connectivity index (χ4v) is 7.72. The Bertz CT molecular complexity index is 550. The van der Waals surface area contributed by atoms with Gasteiger partial charge in [-0.05, 0) is 6.92 Å². The molecule has 1 radical (unpaired) electrons. The van der Waals surface area contributed by atoms with Gasteiger partial charge in [-0.2, -0.15) is 0 Å². The Kier molecular flexibility index (Phi) is 10.1. The molecule has 0 unspecified atom stereocenters. The van der Waals surface area contributed by atoms with Gasteiger partial charge >= 0.3 is 119 Å². The fraction of sp³-hybridized carbons (Fsp3) is 0.100. The summed E-state index contributed by atoms with van der Waals surface area (Å²) >= 11 is -1.63. The maximum atomic E-state index is 7.57. The number of rotatable bonds is 3. The number of benzene rings is 3. The van der Waals surface area contributed by atoms with Crippen LogP contribution in [0.5, 0.6) is 0 Å². The van der Waals surface area contributed by atoms with E-state index in [1.807, 2.05) is 0 Å². The molecule has 0 amide bonds. The number of aliphatic hydroxyl groups excluding tert-OH is 1. The predicted molar refractivity (Wildman–Crippen MR) is 96.7 cm³/mol. The van der Waals surface area contributed by atoms with Crippen molar-refractivity contribution in [3.8, 4) is 0 Å². The van der Waals surface area contributed by atoms with E-state index in [0.717, 1.165) is 0 Å². The number of hydrogen-bond donors (Lipinski definition) is 1. The Hall–Kier alpha value is -0.915. The van der Waals surface area contributed by atoms with Crippen LogP contribution in [0.2, 0.25) is 0 Å². The molecule has 1 N–H and O–H groups in total. The molecule has 3 aromatic carbocycles. The van der Waals surface area contributed by atoms with Crippen molar-refractivity contribution in [3.63, 3.8) is 0 Å². The van der Waals surface area contributed by atoms with Gasteiger partial charge in [-0.3, -0.25) is 0 Å². The van der Waals surface area contributed by atoms with Crippen molar-refractivity contribution in [3.05, 3.63) is 91.0 Å². The van der Waals surface area contributed by atoms with E-state index in [-0.39, 0.29) is 33.9 Å². The first kappa shape index (κ1) is 20.1. The first-order chi connectivity index (χ1) is 10.9. The average Bonchev–Trinajstić information content (AvgIpc) is 2.59. The van der Waals surface area contributed by atoms with E-state index in [2.05, 4.69) is 91.0 Å². The molecule has 0 aromatic heterocycles. The Labute approximate surface area is 163 Å². The minimum absolute atomic E-state index is 0. The third-order valence-corrected chi connectivity index (χ3v) is 8.92. The molecule has 0 spiro atoms. The SMILES string of the molecule is CCO.[Cd].c1cc[c]([Ge]([c]2ccccc2)[c]2ccccc2)cc1. The van der Waals surface area contributed by atoms with E-state index in [1.54, 1.807) is 6.92 Å². The van der Waals surface area contributed by atoms with Gasteiger partial charge in [-0.15, -0.1) is 0 Å². The molecule has 0 aliphatic heterocycles. The third-order valence-electron chi connectivity index (χ3n) is 3.19. The predicted octanol–water partition coefficient (Wildman–Crippen LogP) is 2.20. The van der Waals surface area contributed by atoms with Gasteiger partial charge in [0.25, 0.3) is 0 Å². The molecule has 1 nitrogen and oxygen atoms in total. The first-order valence-electron chi connectivity index (χ1n) is 7.51. The van der Waals surface area contributed by atoms with Gasteiger partial charge in [-0.25, -0.2) is 0 Å². The van der Waals surface area contributed by atoms with Crippen molar-refractivity contribution in [1.82, 2.24) is 0 Å². The zero-order chi connectivity index (χ0) is 15.6. The molecule has 3 rings (SSSR count). The first-order valence-corrected chi connectivity index (χ1v) is 10.7. The standard InChI is InChI=1S/C18H15Ge.C2H6O.Cd/c1-4-10-16(11-5-1)19(17-12-6-2-7-13-17)18-14-8-3-9-15-18;1-2-3;/h1-15H;3H,2H2,1H3;. The van der Waals surface area contributed by atoms with Crippen LogP contribution in [0, 0.1) is 0 Å². The molecule has 113 valence electrons. The molecule has 0 aliphatic carbocycles. The summed E-state index contributed by atoms with van der Waals surface area (Å²) < 4.78 is 4.50. The summed E-state index contributed by atoms with van der Waals surface area (Å²) in [4.78, 5) is 0. The molecule has 0 bridgehead atoms. The summed E-state index contributed by atoms with van der Waals surface area (Å²) in [5, 5.41) is 7.57. The van der Waals surface area contributed by atoms with Gasteiger partial charge in [-0.1, -0.05) is 0 Å². The molecule has 23 heavy (non-hydrogen) atoms. The Balaban J connectivity index is 0.000000615. The van der Waals surface area contributed by atoms with Crippen molar-refractivity contribution < 1.29 is 32.4 Å². The Morgan fingerprint density at radius 3 is 1.04 bits per heavy atom. The van der Waals surface area contributed by atoms with Crippen molar-refractivity contribution >= 4 is 27.5 Å². The van der Waals surface area contributed by atoms with Crippen molar-refractivity contribution in [2.45, 2.75) is 6.92 Å². The topological polar surface area (TPSA) is 20.2 Å². The summed E-state index contributed by atoms with van der Waals surface area (Å²) in [7, 11) is 0. The van der Waals surface area contributed by atoms with E-state index >= 15 is 0 Å². The quantitative estimate of drug-likeness (QED) is 0.592. The van der Waals surface area contributed by atoms with Crippen LogP contribution < -0.4 is 13.2 Å². The summed E-state index contributed by atoms with van der Waals surface area (Å²) in [5.41, 5.74) is 0. The van der Waals surface area contributed by atoms with Crippen molar-refractivity contribution in [1.29, 1.82) is 0 Å². The molecule has 0 atom stereocenters. The molecular weight excluding hydrogens is 441 g/mol. The second-order valence-corrected chi connectivity index (χ2v) is 10.00. The monoisotopic (exact) mass is 465 g/mol. The van der Waals surface area contributed by atoms with E-state index in [1.165, 1.54) is 13.2 Å². The summed E-state index contributed by atoms with van der Waals surface area (Å²) in [6.07, 6.45) is 0. The van der Waals surface area contributed by atoms with Crippen molar-refractivity contribution in [2.24, 2.45) is 0 Å². The van der Waals surface area contributed by atoms with Crippen LogP contribution in [-0.2, 0) is 27.3 Å². The van der Waals surface area contributed by atoms with Crippen LogP contribution in [0.4, 0.5) is 0 Å². The van der Waals surface area contributed by atoms with Gasteiger partial charge in [0, 0.05) is 33.9 Å².